The van der Waals surface area contributed by atoms with Crippen molar-refractivity contribution in [3.05, 3.63) is 42.1 Å². The minimum absolute atomic E-state index is 0.208. The lowest BCUT2D eigenvalue weighted by atomic mass is 10.2. The number of nitrogens with one attached hydrogen (secondary N) is 1. The van der Waals surface area contributed by atoms with E-state index in [4.69, 9.17) is 5.26 Å². The molecule has 1 unspecified atom stereocenters. The molecule has 0 bridgehead atoms. The van der Waals surface area contributed by atoms with Crippen molar-refractivity contribution in [1.29, 1.82) is 5.26 Å². The number of nitriles is 1. The molecular weight excluding hydrogens is 226 g/mol. The quantitative estimate of drug-likeness (QED) is 0.888. The molecule has 0 aliphatic heterocycles. The summed E-state index contributed by atoms with van der Waals surface area (Å²) in [6.45, 7) is 4.75. The van der Waals surface area contributed by atoms with Crippen LogP contribution in [0.2, 0.25) is 0 Å². The van der Waals surface area contributed by atoms with Gasteiger partial charge >= 0.3 is 0 Å². The number of aryl methyl sites for hydroxylation is 1. The van der Waals surface area contributed by atoms with E-state index in [9.17, 15) is 0 Å². The Morgan fingerprint density at radius 1 is 1.50 bits per heavy atom. The number of anilines is 1. The molecule has 5 heteroatoms. The topological polar surface area (TPSA) is 66.5 Å². The summed E-state index contributed by atoms with van der Waals surface area (Å²) in [4.78, 5) is 8.36. The first-order chi connectivity index (χ1) is 8.67. The number of imidazole rings is 1. The summed E-state index contributed by atoms with van der Waals surface area (Å²) in [5, 5.41) is 12.2. The highest BCUT2D eigenvalue weighted by molar-refractivity contribution is 5.44. The first-order valence-corrected chi connectivity index (χ1v) is 5.78. The molecule has 0 amide bonds. The summed E-state index contributed by atoms with van der Waals surface area (Å²) in [5.74, 6) is 0.735. The molecule has 2 aromatic heterocycles. The molecule has 0 saturated heterocycles. The van der Waals surface area contributed by atoms with Gasteiger partial charge in [-0.15, -0.1) is 0 Å². The Kier molecular flexibility index (Phi) is 3.58. The zero-order chi connectivity index (χ0) is 13.0. The van der Waals surface area contributed by atoms with Crippen molar-refractivity contribution >= 4 is 5.82 Å². The van der Waals surface area contributed by atoms with Crippen LogP contribution in [0.25, 0.3) is 0 Å². The highest BCUT2D eigenvalue weighted by Gasteiger charge is 2.05. The Labute approximate surface area is 106 Å². The molecule has 1 atom stereocenters. The molecule has 0 aromatic carbocycles. The molecule has 5 nitrogen and oxygen atoms in total. The van der Waals surface area contributed by atoms with Gasteiger partial charge in [0.2, 0.25) is 0 Å². The maximum Gasteiger partial charge on any atom is 0.127 e. The van der Waals surface area contributed by atoms with Crippen LogP contribution in [-0.4, -0.2) is 20.6 Å². The van der Waals surface area contributed by atoms with Gasteiger partial charge in [-0.25, -0.2) is 9.97 Å². The summed E-state index contributed by atoms with van der Waals surface area (Å²) < 4.78 is 2.00. The maximum atomic E-state index is 8.91. The third kappa shape index (κ3) is 3.08. The lowest BCUT2D eigenvalue weighted by Crippen LogP contribution is -2.22. The van der Waals surface area contributed by atoms with E-state index in [2.05, 4.69) is 28.3 Å². The van der Waals surface area contributed by atoms with Crippen LogP contribution in [0.15, 0.2) is 30.9 Å². The average molecular weight is 241 g/mol. The number of aromatic nitrogens is 3. The normalized spacial score (nSPS) is 11.8. The maximum absolute atomic E-state index is 8.91. The lowest BCUT2D eigenvalue weighted by molar-refractivity contribution is 0.617. The molecule has 0 spiro atoms. The van der Waals surface area contributed by atoms with Gasteiger partial charge in [0.05, 0.1) is 18.0 Å². The van der Waals surface area contributed by atoms with E-state index in [1.165, 1.54) is 0 Å². The SMILES string of the molecule is Cc1cc(C#N)cc(NC(C)Cn2ccnc2)n1. The second-order valence-electron chi connectivity index (χ2n) is 4.30. The Hall–Kier alpha value is -2.35. The number of pyridine rings is 1. The Morgan fingerprint density at radius 2 is 2.33 bits per heavy atom. The molecule has 0 fully saturated rings. The summed E-state index contributed by atoms with van der Waals surface area (Å²) in [6, 6.07) is 5.87. The third-order valence-electron chi connectivity index (χ3n) is 2.52. The van der Waals surface area contributed by atoms with E-state index < -0.39 is 0 Å². The van der Waals surface area contributed by atoms with Gasteiger partial charge in [0.25, 0.3) is 0 Å². The van der Waals surface area contributed by atoms with Crippen molar-refractivity contribution in [1.82, 2.24) is 14.5 Å². The Bertz CT molecular complexity index is 553. The zero-order valence-electron chi connectivity index (χ0n) is 10.5. The summed E-state index contributed by atoms with van der Waals surface area (Å²) in [6.07, 6.45) is 5.45. The van der Waals surface area contributed by atoms with Gasteiger partial charge in [-0.3, -0.25) is 0 Å². The first-order valence-electron chi connectivity index (χ1n) is 5.78. The minimum Gasteiger partial charge on any atom is -0.366 e. The molecule has 0 aliphatic rings. The fourth-order valence-corrected chi connectivity index (χ4v) is 1.82. The van der Waals surface area contributed by atoms with Crippen LogP contribution in [0, 0.1) is 18.3 Å². The predicted octanol–water partition coefficient (Wildman–Crippen LogP) is 1.96. The van der Waals surface area contributed by atoms with E-state index in [1.807, 2.05) is 17.7 Å². The van der Waals surface area contributed by atoms with E-state index in [-0.39, 0.29) is 6.04 Å². The van der Waals surface area contributed by atoms with Gasteiger partial charge in [-0.1, -0.05) is 0 Å². The molecule has 0 aliphatic carbocycles. The first kappa shape index (κ1) is 12.1. The van der Waals surface area contributed by atoms with Crippen LogP contribution in [0.3, 0.4) is 0 Å². The average Bonchev–Trinajstić information content (AvgIpc) is 2.80. The molecule has 18 heavy (non-hydrogen) atoms. The highest BCUT2D eigenvalue weighted by atomic mass is 15.1. The van der Waals surface area contributed by atoms with Crippen LogP contribution >= 0.6 is 0 Å². The molecule has 0 radical (unpaired) electrons. The fraction of sp³-hybridized carbons (Fsp3) is 0.308. The second-order valence-corrected chi connectivity index (χ2v) is 4.30. The van der Waals surface area contributed by atoms with E-state index >= 15 is 0 Å². The minimum atomic E-state index is 0.208. The predicted molar refractivity (Wildman–Crippen MR) is 69.0 cm³/mol. The standard InChI is InChI=1S/C13H15N5/c1-10-5-12(7-14)6-13(16-10)17-11(2)8-18-4-3-15-9-18/h3-6,9,11H,8H2,1-2H3,(H,16,17). The van der Waals surface area contributed by atoms with Crippen molar-refractivity contribution in [2.75, 3.05) is 5.32 Å². The lowest BCUT2D eigenvalue weighted by Gasteiger charge is -2.15. The molecular formula is C13H15N5. The number of hydrogen-bond donors (Lipinski definition) is 1. The zero-order valence-corrected chi connectivity index (χ0v) is 10.5. The summed E-state index contributed by atoms with van der Waals surface area (Å²) >= 11 is 0. The van der Waals surface area contributed by atoms with Gasteiger partial charge in [0.15, 0.2) is 0 Å². The van der Waals surface area contributed by atoms with Crippen molar-refractivity contribution in [3.63, 3.8) is 0 Å². The van der Waals surface area contributed by atoms with Crippen LogP contribution in [0.1, 0.15) is 18.2 Å². The highest BCUT2D eigenvalue weighted by Crippen LogP contribution is 2.11. The van der Waals surface area contributed by atoms with Crippen molar-refractivity contribution in [2.45, 2.75) is 26.4 Å². The largest absolute Gasteiger partial charge is 0.366 e. The van der Waals surface area contributed by atoms with Crippen LogP contribution in [0.5, 0.6) is 0 Å². The van der Waals surface area contributed by atoms with Gasteiger partial charge in [-0.05, 0) is 26.0 Å². The van der Waals surface area contributed by atoms with Crippen LogP contribution < -0.4 is 5.32 Å². The van der Waals surface area contributed by atoms with E-state index in [1.54, 1.807) is 24.7 Å². The molecule has 2 aromatic rings. The van der Waals surface area contributed by atoms with E-state index in [0.717, 1.165) is 18.1 Å². The monoisotopic (exact) mass is 241 g/mol. The van der Waals surface area contributed by atoms with Crippen molar-refractivity contribution in [2.24, 2.45) is 0 Å². The Morgan fingerprint density at radius 3 is 3.00 bits per heavy atom. The molecule has 1 N–H and O–H groups in total. The van der Waals surface area contributed by atoms with Gasteiger partial charge in [-0.2, -0.15) is 5.26 Å². The fourth-order valence-electron chi connectivity index (χ4n) is 1.82. The summed E-state index contributed by atoms with van der Waals surface area (Å²) in [7, 11) is 0. The molecule has 2 heterocycles. The number of rotatable bonds is 4. The number of hydrogen-bond acceptors (Lipinski definition) is 4. The van der Waals surface area contributed by atoms with Gasteiger partial charge in [0, 0.05) is 30.7 Å². The molecule has 2 rings (SSSR count). The molecule has 0 saturated carbocycles. The van der Waals surface area contributed by atoms with E-state index in [0.29, 0.717) is 5.56 Å². The Balaban J connectivity index is 2.05. The van der Waals surface area contributed by atoms with Gasteiger partial charge in [0.1, 0.15) is 5.82 Å². The second kappa shape index (κ2) is 5.32. The number of nitrogens with zero attached hydrogens (tertiary/aromatic N) is 4. The van der Waals surface area contributed by atoms with Gasteiger partial charge < -0.3 is 9.88 Å². The van der Waals surface area contributed by atoms with Crippen molar-refractivity contribution in [3.8, 4) is 6.07 Å². The summed E-state index contributed by atoms with van der Waals surface area (Å²) in [5.41, 5.74) is 1.46. The van der Waals surface area contributed by atoms with Crippen LogP contribution in [0.4, 0.5) is 5.82 Å². The van der Waals surface area contributed by atoms with Crippen molar-refractivity contribution < 1.29 is 0 Å². The smallest absolute Gasteiger partial charge is 0.127 e. The molecule has 92 valence electrons. The third-order valence-corrected chi connectivity index (χ3v) is 2.52. The van der Waals surface area contributed by atoms with Crippen LogP contribution in [-0.2, 0) is 6.54 Å².